The van der Waals surface area contributed by atoms with Crippen molar-refractivity contribution in [3.8, 4) is 11.8 Å². The summed E-state index contributed by atoms with van der Waals surface area (Å²) >= 11 is 0. The summed E-state index contributed by atoms with van der Waals surface area (Å²) in [6.45, 7) is 0. The van der Waals surface area contributed by atoms with Crippen LogP contribution in [0.2, 0.25) is 0 Å². The maximum absolute atomic E-state index is 13.5. The molecule has 0 aliphatic carbocycles. The van der Waals surface area contributed by atoms with Gasteiger partial charge in [-0.1, -0.05) is 17.0 Å². The van der Waals surface area contributed by atoms with Crippen molar-refractivity contribution < 1.29 is 13.2 Å². The van der Waals surface area contributed by atoms with E-state index in [1.807, 2.05) is 0 Å². The first-order valence-corrected chi connectivity index (χ1v) is 5.42. The van der Waals surface area contributed by atoms with Crippen LogP contribution in [0.4, 0.5) is 18.9 Å². The molecule has 0 aliphatic heterocycles. The lowest BCUT2D eigenvalue weighted by Gasteiger charge is -1.99. The van der Waals surface area contributed by atoms with Crippen LogP contribution in [0.5, 0.6) is 0 Å². The lowest BCUT2D eigenvalue weighted by Crippen LogP contribution is -1.86. The number of benzene rings is 2. The van der Waals surface area contributed by atoms with Crippen molar-refractivity contribution >= 4 is 5.69 Å². The lowest BCUT2D eigenvalue weighted by atomic mass is 10.1. The predicted molar refractivity (Wildman–Crippen MR) is 67.5 cm³/mol. The number of hydrogen-bond donors (Lipinski definition) is 0. The van der Waals surface area contributed by atoms with E-state index in [0.717, 1.165) is 6.07 Å². The van der Waals surface area contributed by atoms with Gasteiger partial charge in [-0.05, 0) is 35.9 Å². The van der Waals surface area contributed by atoms with E-state index < -0.39 is 17.5 Å². The first-order valence-electron chi connectivity index (χ1n) is 5.42. The quantitative estimate of drug-likeness (QED) is 0.319. The molecule has 0 amide bonds. The Labute approximate surface area is 112 Å². The van der Waals surface area contributed by atoms with Gasteiger partial charge in [0, 0.05) is 22.1 Å². The third kappa shape index (κ3) is 3.10. The average molecular weight is 273 g/mol. The molecule has 0 aliphatic rings. The van der Waals surface area contributed by atoms with Crippen LogP contribution in [-0.4, -0.2) is 0 Å². The maximum Gasteiger partial charge on any atom is 0.136 e. The predicted octanol–water partition coefficient (Wildman–Crippen LogP) is 4.45. The van der Waals surface area contributed by atoms with Gasteiger partial charge in [-0.3, -0.25) is 0 Å². The molecule has 0 unspecified atom stereocenters. The molecule has 0 atom stereocenters. The van der Waals surface area contributed by atoms with Crippen LogP contribution < -0.4 is 0 Å². The first kappa shape index (κ1) is 13.5. The minimum absolute atomic E-state index is 0.0791. The van der Waals surface area contributed by atoms with Gasteiger partial charge in [0.2, 0.25) is 0 Å². The van der Waals surface area contributed by atoms with Gasteiger partial charge in [0.1, 0.15) is 17.5 Å². The molecule has 0 aromatic heterocycles. The molecule has 0 fully saturated rings. The highest BCUT2D eigenvalue weighted by atomic mass is 19.1. The van der Waals surface area contributed by atoms with Gasteiger partial charge in [0.05, 0.1) is 5.69 Å². The largest absolute Gasteiger partial charge is 0.207 e. The highest BCUT2D eigenvalue weighted by molar-refractivity contribution is 5.57. The fourth-order valence-corrected chi connectivity index (χ4v) is 1.48. The molecule has 6 heteroatoms. The summed E-state index contributed by atoms with van der Waals surface area (Å²) in [6, 6.07) is 6.84. The summed E-state index contributed by atoms with van der Waals surface area (Å²) in [5.74, 6) is 2.87. The summed E-state index contributed by atoms with van der Waals surface area (Å²) in [5, 5.41) is 3.15. The molecule has 3 nitrogen and oxygen atoms in total. The van der Waals surface area contributed by atoms with E-state index in [1.54, 1.807) is 0 Å². The summed E-state index contributed by atoms with van der Waals surface area (Å²) in [7, 11) is 0. The molecule has 0 heterocycles. The smallest absolute Gasteiger partial charge is 0.136 e. The summed E-state index contributed by atoms with van der Waals surface area (Å²) in [4.78, 5) is 2.47. The van der Waals surface area contributed by atoms with Crippen LogP contribution in [0.3, 0.4) is 0 Å². The highest BCUT2D eigenvalue weighted by Crippen LogP contribution is 2.24. The molecule has 0 radical (unpaired) electrons. The second-order valence-corrected chi connectivity index (χ2v) is 3.73. The van der Waals surface area contributed by atoms with Crippen LogP contribution >= 0.6 is 0 Å². The molecule has 98 valence electrons. The molecular formula is C14H6F3N3. The minimum Gasteiger partial charge on any atom is -0.207 e. The summed E-state index contributed by atoms with van der Waals surface area (Å²) in [6.07, 6.45) is 0. The van der Waals surface area contributed by atoms with Crippen LogP contribution in [0.25, 0.3) is 10.4 Å². The Morgan fingerprint density at radius 3 is 2.30 bits per heavy atom. The Kier molecular flexibility index (Phi) is 3.94. The molecule has 20 heavy (non-hydrogen) atoms. The van der Waals surface area contributed by atoms with Gasteiger partial charge in [0.25, 0.3) is 0 Å². The molecule has 0 saturated carbocycles. The van der Waals surface area contributed by atoms with Crippen LogP contribution in [0.1, 0.15) is 11.1 Å². The Hall–Kier alpha value is -2.90. The molecule has 0 saturated heterocycles. The first-order chi connectivity index (χ1) is 9.60. The Bertz CT molecular complexity index is 752. The number of rotatable bonds is 1. The van der Waals surface area contributed by atoms with E-state index >= 15 is 0 Å². The van der Waals surface area contributed by atoms with Crippen molar-refractivity contribution in [2.24, 2.45) is 5.11 Å². The van der Waals surface area contributed by atoms with Gasteiger partial charge in [-0.15, -0.1) is 0 Å². The molecule has 2 aromatic carbocycles. The molecule has 2 aromatic rings. The van der Waals surface area contributed by atoms with Crippen LogP contribution in [0, 0.1) is 29.3 Å². The van der Waals surface area contributed by atoms with Gasteiger partial charge in [-0.25, -0.2) is 13.2 Å². The maximum atomic E-state index is 13.5. The molecule has 0 N–H and O–H groups in total. The summed E-state index contributed by atoms with van der Waals surface area (Å²) < 4.78 is 39.3. The third-order valence-electron chi connectivity index (χ3n) is 2.36. The van der Waals surface area contributed by atoms with E-state index in [1.165, 1.54) is 24.3 Å². The number of nitrogens with zero attached hydrogens (tertiary/aromatic N) is 3. The van der Waals surface area contributed by atoms with E-state index in [4.69, 9.17) is 5.53 Å². The fourth-order valence-electron chi connectivity index (χ4n) is 1.48. The Morgan fingerprint density at radius 1 is 0.950 bits per heavy atom. The molecule has 0 spiro atoms. The second kappa shape index (κ2) is 5.83. The monoisotopic (exact) mass is 273 g/mol. The highest BCUT2D eigenvalue weighted by Gasteiger charge is 2.08. The van der Waals surface area contributed by atoms with Crippen molar-refractivity contribution in [3.63, 3.8) is 0 Å². The van der Waals surface area contributed by atoms with E-state index in [9.17, 15) is 13.2 Å². The Morgan fingerprint density at radius 2 is 1.65 bits per heavy atom. The number of halogens is 3. The molecular weight excluding hydrogens is 267 g/mol. The van der Waals surface area contributed by atoms with Crippen molar-refractivity contribution in [2.45, 2.75) is 0 Å². The standard InChI is InChI=1S/C14H6F3N3/c15-11-5-2-9(3-6-11)1-4-10-7-12(16)8-13(17)14(10)19-20-18/h2-3,5-8H. The average Bonchev–Trinajstić information content (AvgIpc) is 2.41. The molecule has 0 bridgehead atoms. The van der Waals surface area contributed by atoms with Crippen LogP contribution in [0.15, 0.2) is 41.5 Å². The van der Waals surface area contributed by atoms with E-state index in [-0.39, 0.29) is 11.3 Å². The number of hydrogen-bond acceptors (Lipinski definition) is 1. The SMILES string of the molecule is [N-]=[N+]=Nc1c(F)cc(F)cc1C#Cc1ccc(F)cc1. The van der Waals surface area contributed by atoms with Gasteiger partial charge in [-0.2, -0.15) is 0 Å². The topological polar surface area (TPSA) is 48.8 Å². The number of azide groups is 1. The third-order valence-corrected chi connectivity index (χ3v) is 2.36. The van der Waals surface area contributed by atoms with Gasteiger partial charge in [0.15, 0.2) is 0 Å². The fraction of sp³-hybridized carbons (Fsp3) is 0. The molecule has 2 rings (SSSR count). The van der Waals surface area contributed by atoms with Crippen molar-refractivity contribution in [3.05, 3.63) is 75.4 Å². The van der Waals surface area contributed by atoms with E-state index in [0.29, 0.717) is 11.6 Å². The van der Waals surface area contributed by atoms with Gasteiger partial charge < -0.3 is 0 Å². The minimum atomic E-state index is -0.994. The lowest BCUT2D eigenvalue weighted by molar-refractivity contribution is 0.584. The van der Waals surface area contributed by atoms with E-state index in [2.05, 4.69) is 21.9 Å². The zero-order valence-electron chi connectivity index (χ0n) is 9.94. The zero-order chi connectivity index (χ0) is 14.5. The van der Waals surface area contributed by atoms with Crippen LogP contribution in [-0.2, 0) is 0 Å². The zero-order valence-corrected chi connectivity index (χ0v) is 9.94. The van der Waals surface area contributed by atoms with Gasteiger partial charge >= 0.3 is 0 Å². The van der Waals surface area contributed by atoms with Crippen molar-refractivity contribution in [2.75, 3.05) is 0 Å². The Balaban J connectivity index is 2.48. The normalized spacial score (nSPS) is 9.35. The van der Waals surface area contributed by atoms with Crippen molar-refractivity contribution in [1.29, 1.82) is 0 Å². The summed E-state index contributed by atoms with van der Waals surface area (Å²) in [5.41, 5.74) is 8.37. The second-order valence-electron chi connectivity index (χ2n) is 3.73. The van der Waals surface area contributed by atoms with Crippen molar-refractivity contribution in [1.82, 2.24) is 0 Å².